The maximum atomic E-state index is 5.20. The van der Waals surface area contributed by atoms with Crippen molar-refractivity contribution in [3.8, 4) is 17.1 Å². The number of methoxy groups -OCH3 is 1. The van der Waals surface area contributed by atoms with Gasteiger partial charge in [-0.05, 0) is 42.0 Å². The quantitative estimate of drug-likeness (QED) is 0.542. The Labute approximate surface area is 155 Å². The van der Waals surface area contributed by atoms with Crippen LogP contribution in [0.3, 0.4) is 0 Å². The van der Waals surface area contributed by atoms with Crippen LogP contribution in [0, 0.1) is 0 Å². The summed E-state index contributed by atoms with van der Waals surface area (Å²) in [5.41, 5.74) is 3.34. The summed E-state index contributed by atoms with van der Waals surface area (Å²) in [5, 5.41) is 14.3. The molecule has 0 bridgehead atoms. The number of hydrogen-bond donors (Lipinski definition) is 0. The second kappa shape index (κ2) is 6.76. The van der Waals surface area contributed by atoms with Gasteiger partial charge in [-0.3, -0.25) is 0 Å². The van der Waals surface area contributed by atoms with Crippen LogP contribution in [0.2, 0.25) is 0 Å². The third-order valence-corrected chi connectivity index (χ3v) is 5.09. The number of rotatable bonds is 5. The minimum atomic E-state index is 0.761. The van der Waals surface area contributed by atoms with Gasteiger partial charge in [0.05, 0.1) is 7.11 Å². The van der Waals surface area contributed by atoms with Crippen molar-refractivity contribution in [3.05, 3.63) is 59.1 Å². The molecule has 0 aliphatic rings. The van der Waals surface area contributed by atoms with E-state index in [0.29, 0.717) is 0 Å². The van der Waals surface area contributed by atoms with Gasteiger partial charge in [0, 0.05) is 31.8 Å². The maximum Gasteiger partial charge on any atom is 0.234 e. The summed E-state index contributed by atoms with van der Waals surface area (Å²) >= 11 is 1.56. The first-order valence-electron chi connectivity index (χ1n) is 8.26. The number of anilines is 1. The summed E-state index contributed by atoms with van der Waals surface area (Å²) in [7, 11) is 5.72. The molecule has 0 radical (unpaired) electrons. The number of nitrogens with zero attached hydrogens (tertiary/aromatic N) is 5. The van der Waals surface area contributed by atoms with E-state index in [1.54, 1.807) is 18.4 Å². The minimum Gasteiger partial charge on any atom is -0.497 e. The summed E-state index contributed by atoms with van der Waals surface area (Å²) < 4.78 is 7.03. The van der Waals surface area contributed by atoms with Gasteiger partial charge in [0.25, 0.3) is 0 Å². The van der Waals surface area contributed by atoms with E-state index in [9.17, 15) is 0 Å². The van der Waals surface area contributed by atoms with Gasteiger partial charge in [-0.25, -0.2) is 0 Å². The van der Waals surface area contributed by atoms with E-state index in [1.165, 1.54) is 5.56 Å². The van der Waals surface area contributed by atoms with Crippen LogP contribution in [0.25, 0.3) is 16.3 Å². The van der Waals surface area contributed by atoms with Crippen LogP contribution < -0.4 is 9.64 Å². The van der Waals surface area contributed by atoms with E-state index in [0.717, 1.165) is 39.2 Å². The Kier molecular flexibility index (Phi) is 4.30. The molecule has 4 rings (SSSR count). The van der Waals surface area contributed by atoms with Crippen molar-refractivity contribution in [2.24, 2.45) is 0 Å². The highest BCUT2D eigenvalue weighted by molar-refractivity contribution is 7.16. The van der Waals surface area contributed by atoms with Crippen LogP contribution in [-0.2, 0) is 6.42 Å². The lowest BCUT2D eigenvalue weighted by Gasteiger charge is -2.11. The maximum absolute atomic E-state index is 5.20. The predicted octanol–water partition coefficient (Wildman–Crippen LogP) is 3.52. The summed E-state index contributed by atoms with van der Waals surface area (Å²) in [6.45, 7) is 0. The zero-order valence-corrected chi connectivity index (χ0v) is 15.7. The largest absolute Gasteiger partial charge is 0.497 e. The van der Waals surface area contributed by atoms with Gasteiger partial charge in [-0.15, -0.1) is 10.2 Å². The van der Waals surface area contributed by atoms with Gasteiger partial charge in [0.15, 0.2) is 5.82 Å². The molecule has 0 saturated carbocycles. The minimum absolute atomic E-state index is 0.761. The van der Waals surface area contributed by atoms with Crippen LogP contribution >= 0.6 is 11.3 Å². The molecule has 0 aliphatic heterocycles. The fourth-order valence-corrected chi connectivity index (χ4v) is 3.60. The lowest BCUT2D eigenvalue weighted by Crippen LogP contribution is -2.08. The lowest BCUT2D eigenvalue weighted by atomic mass is 10.1. The van der Waals surface area contributed by atoms with Crippen molar-refractivity contribution >= 4 is 22.0 Å². The molecular formula is C19H19N5OS. The molecule has 0 atom stereocenters. The van der Waals surface area contributed by atoms with Crippen LogP contribution in [0.15, 0.2) is 48.5 Å². The molecular weight excluding hydrogens is 346 g/mol. The molecule has 4 aromatic rings. The number of benzene rings is 2. The van der Waals surface area contributed by atoms with Crippen molar-refractivity contribution in [1.29, 1.82) is 0 Å². The Balaban J connectivity index is 1.62. The van der Waals surface area contributed by atoms with Crippen molar-refractivity contribution in [3.63, 3.8) is 0 Å². The molecule has 0 aliphatic carbocycles. The zero-order chi connectivity index (χ0) is 18.1. The van der Waals surface area contributed by atoms with Crippen molar-refractivity contribution in [2.45, 2.75) is 6.42 Å². The molecule has 0 spiro atoms. The fourth-order valence-electron chi connectivity index (χ4n) is 2.73. The Morgan fingerprint density at radius 1 is 1.00 bits per heavy atom. The van der Waals surface area contributed by atoms with Gasteiger partial charge in [0.2, 0.25) is 4.96 Å². The zero-order valence-electron chi connectivity index (χ0n) is 14.9. The van der Waals surface area contributed by atoms with Crippen molar-refractivity contribution in [1.82, 2.24) is 19.8 Å². The highest BCUT2D eigenvalue weighted by atomic mass is 32.1. The third kappa shape index (κ3) is 3.13. The Hall–Kier alpha value is -2.93. The van der Waals surface area contributed by atoms with E-state index < -0.39 is 0 Å². The van der Waals surface area contributed by atoms with Gasteiger partial charge >= 0.3 is 0 Å². The van der Waals surface area contributed by atoms with Crippen molar-refractivity contribution in [2.75, 3.05) is 26.1 Å². The van der Waals surface area contributed by atoms with E-state index >= 15 is 0 Å². The fraction of sp³-hybridized carbons (Fsp3) is 0.211. The Morgan fingerprint density at radius 3 is 2.38 bits per heavy atom. The highest BCUT2D eigenvalue weighted by Gasteiger charge is 2.14. The molecule has 0 fully saturated rings. The van der Waals surface area contributed by atoms with Crippen LogP contribution in [0.5, 0.6) is 5.75 Å². The number of aromatic nitrogens is 4. The molecule has 132 valence electrons. The molecule has 2 aromatic heterocycles. The summed E-state index contributed by atoms with van der Waals surface area (Å²) in [6, 6.07) is 16.3. The third-order valence-electron chi connectivity index (χ3n) is 4.19. The van der Waals surface area contributed by atoms with Crippen LogP contribution in [-0.4, -0.2) is 41.0 Å². The Bertz CT molecular complexity index is 1020. The average molecular weight is 365 g/mol. The first-order valence-corrected chi connectivity index (χ1v) is 9.07. The van der Waals surface area contributed by atoms with E-state index in [4.69, 9.17) is 9.84 Å². The molecule has 6 nitrogen and oxygen atoms in total. The normalized spacial score (nSPS) is 11.0. The first-order chi connectivity index (χ1) is 12.6. The summed E-state index contributed by atoms with van der Waals surface area (Å²) in [6.07, 6.45) is 0.761. The van der Waals surface area contributed by atoms with Crippen LogP contribution in [0.4, 0.5) is 5.69 Å². The second-order valence-electron chi connectivity index (χ2n) is 6.18. The van der Waals surface area contributed by atoms with E-state index in [2.05, 4.69) is 39.4 Å². The molecule has 0 amide bonds. The number of hydrogen-bond acceptors (Lipinski definition) is 6. The standard InChI is InChI=1S/C19H19N5OS/c1-23(2)15-8-6-14(7-9-15)18-20-21-19-24(18)22-17(26-19)12-13-4-10-16(25-3)11-5-13/h4-11H,12H2,1-3H3. The molecule has 26 heavy (non-hydrogen) atoms. The molecule has 0 saturated heterocycles. The van der Waals surface area contributed by atoms with Gasteiger partial charge in [-0.2, -0.15) is 9.61 Å². The lowest BCUT2D eigenvalue weighted by molar-refractivity contribution is 0.414. The summed E-state index contributed by atoms with van der Waals surface area (Å²) in [4.78, 5) is 2.87. The SMILES string of the molecule is COc1ccc(Cc2nn3c(-c4ccc(N(C)C)cc4)nnc3s2)cc1. The van der Waals surface area contributed by atoms with Crippen LogP contribution in [0.1, 0.15) is 10.6 Å². The van der Waals surface area contributed by atoms with Gasteiger partial charge in [-0.1, -0.05) is 23.5 Å². The smallest absolute Gasteiger partial charge is 0.234 e. The summed E-state index contributed by atoms with van der Waals surface area (Å²) in [5.74, 6) is 1.62. The monoisotopic (exact) mass is 365 g/mol. The van der Waals surface area contributed by atoms with Gasteiger partial charge < -0.3 is 9.64 Å². The number of fused-ring (bicyclic) bond motifs is 1. The predicted molar refractivity (Wildman–Crippen MR) is 104 cm³/mol. The average Bonchev–Trinajstić information content (AvgIpc) is 3.22. The van der Waals surface area contributed by atoms with E-state index in [1.807, 2.05) is 42.9 Å². The van der Waals surface area contributed by atoms with Gasteiger partial charge in [0.1, 0.15) is 10.8 Å². The highest BCUT2D eigenvalue weighted by Crippen LogP contribution is 2.25. The second-order valence-corrected chi connectivity index (χ2v) is 7.22. The molecule has 0 unspecified atom stereocenters. The topological polar surface area (TPSA) is 55.6 Å². The van der Waals surface area contributed by atoms with Crippen molar-refractivity contribution < 1.29 is 4.74 Å². The van der Waals surface area contributed by atoms with E-state index in [-0.39, 0.29) is 0 Å². The first kappa shape index (κ1) is 16.5. The Morgan fingerprint density at radius 2 is 1.73 bits per heavy atom. The molecule has 2 heterocycles. The number of ether oxygens (including phenoxy) is 1. The molecule has 2 aromatic carbocycles. The molecule has 0 N–H and O–H groups in total. The molecule has 7 heteroatoms.